The van der Waals surface area contributed by atoms with E-state index in [0.29, 0.717) is 17.1 Å². The largest absolute Gasteiger partial charge is 0.399 e. The van der Waals surface area contributed by atoms with Crippen molar-refractivity contribution in [3.63, 3.8) is 0 Å². The molecule has 0 unspecified atom stereocenters. The standard InChI is InChI=1S/C13H11BrFN3O/c14-11-6-3-9(16)7-12(11)18-13(19)17-10-4-1-8(15)2-5-10/h1-7H,16H2,(H2,17,18,19). The van der Waals surface area contributed by atoms with Crippen molar-refractivity contribution in [3.05, 3.63) is 52.8 Å². The summed E-state index contributed by atoms with van der Waals surface area (Å²) in [6.45, 7) is 0. The van der Waals surface area contributed by atoms with Crippen molar-refractivity contribution in [2.45, 2.75) is 0 Å². The number of anilines is 3. The summed E-state index contributed by atoms with van der Waals surface area (Å²) >= 11 is 3.31. The van der Waals surface area contributed by atoms with Crippen molar-refractivity contribution in [3.8, 4) is 0 Å². The molecule has 2 aromatic rings. The van der Waals surface area contributed by atoms with Gasteiger partial charge in [-0.2, -0.15) is 0 Å². The Balaban J connectivity index is 2.05. The van der Waals surface area contributed by atoms with Gasteiger partial charge in [0, 0.05) is 15.8 Å². The van der Waals surface area contributed by atoms with Gasteiger partial charge in [-0.1, -0.05) is 0 Å². The minimum Gasteiger partial charge on any atom is -0.399 e. The molecule has 6 heteroatoms. The molecule has 19 heavy (non-hydrogen) atoms. The summed E-state index contributed by atoms with van der Waals surface area (Å²) in [7, 11) is 0. The van der Waals surface area contributed by atoms with Crippen LogP contribution in [0, 0.1) is 5.82 Å². The molecule has 0 fully saturated rings. The van der Waals surface area contributed by atoms with E-state index in [4.69, 9.17) is 5.73 Å². The molecule has 0 aliphatic carbocycles. The van der Waals surface area contributed by atoms with Crippen molar-refractivity contribution in [1.29, 1.82) is 0 Å². The first-order valence-corrected chi connectivity index (χ1v) is 6.22. The fourth-order valence-corrected chi connectivity index (χ4v) is 1.80. The molecule has 0 aromatic heterocycles. The van der Waals surface area contributed by atoms with E-state index in [1.165, 1.54) is 24.3 Å². The number of hydrogen-bond donors (Lipinski definition) is 3. The monoisotopic (exact) mass is 323 g/mol. The van der Waals surface area contributed by atoms with Gasteiger partial charge in [0.1, 0.15) is 5.82 Å². The van der Waals surface area contributed by atoms with Gasteiger partial charge in [-0.3, -0.25) is 0 Å². The first kappa shape index (κ1) is 13.4. The third-order valence-electron chi connectivity index (χ3n) is 2.34. The molecule has 0 heterocycles. The van der Waals surface area contributed by atoms with E-state index in [9.17, 15) is 9.18 Å². The summed E-state index contributed by atoms with van der Waals surface area (Å²) in [4.78, 5) is 11.8. The average molecular weight is 324 g/mol. The summed E-state index contributed by atoms with van der Waals surface area (Å²) in [5, 5.41) is 5.23. The topological polar surface area (TPSA) is 67.1 Å². The summed E-state index contributed by atoms with van der Waals surface area (Å²) in [6, 6.07) is 10.1. The Morgan fingerprint density at radius 1 is 1.11 bits per heavy atom. The fraction of sp³-hybridized carbons (Fsp3) is 0. The highest BCUT2D eigenvalue weighted by Crippen LogP contribution is 2.24. The molecule has 0 radical (unpaired) electrons. The molecule has 98 valence electrons. The highest BCUT2D eigenvalue weighted by Gasteiger charge is 2.06. The lowest BCUT2D eigenvalue weighted by molar-refractivity contribution is 0.262. The van der Waals surface area contributed by atoms with Crippen molar-refractivity contribution >= 4 is 39.0 Å². The van der Waals surface area contributed by atoms with Crippen molar-refractivity contribution in [1.82, 2.24) is 0 Å². The van der Waals surface area contributed by atoms with Gasteiger partial charge in [0.15, 0.2) is 0 Å². The predicted octanol–water partition coefficient (Wildman–Crippen LogP) is 3.81. The molecule has 0 bridgehead atoms. The van der Waals surface area contributed by atoms with E-state index in [1.54, 1.807) is 18.2 Å². The molecule has 2 aromatic carbocycles. The van der Waals surface area contributed by atoms with Crippen LogP contribution in [0.5, 0.6) is 0 Å². The van der Waals surface area contributed by atoms with Gasteiger partial charge in [0.05, 0.1) is 5.69 Å². The van der Waals surface area contributed by atoms with Crippen molar-refractivity contribution in [2.24, 2.45) is 0 Å². The molecule has 4 N–H and O–H groups in total. The summed E-state index contributed by atoms with van der Waals surface area (Å²) in [5.74, 6) is -0.357. The molecule has 0 spiro atoms. The summed E-state index contributed by atoms with van der Waals surface area (Å²) < 4.78 is 13.4. The molecular weight excluding hydrogens is 313 g/mol. The van der Waals surface area contributed by atoms with Gasteiger partial charge >= 0.3 is 6.03 Å². The maximum absolute atomic E-state index is 12.7. The number of carbonyl (C=O) groups excluding carboxylic acids is 1. The molecule has 0 aliphatic rings. The van der Waals surface area contributed by atoms with Crippen LogP contribution in [0.25, 0.3) is 0 Å². The zero-order valence-corrected chi connectivity index (χ0v) is 11.4. The van der Waals surface area contributed by atoms with Crippen LogP contribution in [0.1, 0.15) is 0 Å². The van der Waals surface area contributed by atoms with Crippen LogP contribution in [0.3, 0.4) is 0 Å². The lowest BCUT2D eigenvalue weighted by Crippen LogP contribution is -2.19. The number of hydrogen-bond acceptors (Lipinski definition) is 2. The number of carbonyl (C=O) groups is 1. The number of amides is 2. The van der Waals surface area contributed by atoms with Crippen LogP contribution >= 0.6 is 15.9 Å². The van der Waals surface area contributed by atoms with Gasteiger partial charge in [-0.05, 0) is 58.4 Å². The van der Waals surface area contributed by atoms with Crippen LogP contribution in [0.4, 0.5) is 26.2 Å². The Labute approximate surface area is 117 Å². The lowest BCUT2D eigenvalue weighted by atomic mass is 10.3. The summed E-state index contributed by atoms with van der Waals surface area (Å²) in [6.07, 6.45) is 0. The van der Waals surface area contributed by atoms with Gasteiger partial charge in [0.2, 0.25) is 0 Å². The maximum Gasteiger partial charge on any atom is 0.323 e. The molecule has 2 amide bonds. The highest BCUT2D eigenvalue weighted by atomic mass is 79.9. The number of benzene rings is 2. The SMILES string of the molecule is Nc1ccc(Br)c(NC(=O)Nc2ccc(F)cc2)c1. The number of urea groups is 1. The number of rotatable bonds is 2. The lowest BCUT2D eigenvalue weighted by Gasteiger charge is -2.09. The first-order chi connectivity index (χ1) is 9.04. The minimum absolute atomic E-state index is 0.357. The zero-order valence-electron chi connectivity index (χ0n) is 9.78. The molecule has 4 nitrogen and oxygen atoms in total. The quantitative estimate of drug-likeness (QED) is 0.735. The molecule has 0 aliphatic heterocycles. The van der Waals surface area contributed by atoms with Crippen LogP contribution in [0.15, 0.2) is 46.9 Å². The van der Waals surface area contributed by atoms with Crippen LogP contribution in [-0.4, -0.2) is 6.03 Å². The number of halogens is 2. The second-order valence-electron chi connectivity index (χ2n) is 3.83. The molecule has 0 saturated heterocycles. The Bertz CT molecular complexity index is 601. The summed E-state index contributed by atoms with van der Waals surface area (Å²) in [5.41, 5.74) is 7.23. The Kier molecular flexibility index (Phi) is 4.01. The fourth-order valence-electron chi connectivity index (χ4n) is 1.46. The zero-order chi connectivity index (χ0) is 13.8. The minimum atomic E-state index is -0.432. The van der Waals surface area contributed by atoms with Crippen molar-refractivity contribution < 1.29 is 9.18 Å². The molecular formula is C13H11BrFN3O. The first-order valence-electron chi connectivity index (χ1n) is 5.43. The van der Waals surface area contributed by atoms with Crippen LogP contribution in [-0.2, 0) is 0 Å². The number of nitrogens with two attached hydrogens (primary N) is 1. The van der Waals surface area contributed by atoms with E-state index in [1.807, 2.05) is 0 Å². The van der Waals surface area contributed by atoms with Gasteiger partial charge < -0.3 is 16.4 Å². The molecule has 0 atom stereocenters. The maximum atomic E-state index is 12.7. The third kappa shape index (κ3) is 3.69. The van der Waals surface area contributed by atoms with E-state index in [-0.39, 0.29) is 5.82 Å². The normalized spacial score (nSPS) is 10.0. The smallest absolute Gasteiger partial charge is 0.323 e. The van der Waals surface area contributed by atoms with Gasteiger partial charge in [0.25, 0.3) is 0 Å². The van der Waals surface area contributed by atoms with Crippen LogP contribution < -0.4 is 16.4 Å². The van der Waals surface area contributed by atoms with Crippen LogP contribution in [0.2, 0.25) is 0 Å². The second-order valence-corrected chi connectivity index (χ2v) is 4.68. The van der Waals surface area contributed by atoms with Gasteiger partial charge in [-0.25, -0.2) is 9.18 Å². The molecule has 2 rings (SSSR count). The number of nitrogens with one attached hydrogen (secondary N) is 2. The van der Waals surface area contributed by atoms with E-state index >= 15 is 0 Å². The van der Waals surface area contributed by atoms with Gasteiger partial charge in [-0.15, -0.1) is 0 Å². The Hall–Kier alpha value is -2.08. The highest BCUT2D eigenvalue weighted by molar-refractivity contribution is 9.10. The van der Waals surface area contributed by atoms with E-state index in [0.717, 1.165) is 4.47 Å². The second kappa shape index (κ2) is 5.71. The molecule has 0 saturated carbocycles. The predicted molar refractivity (Wildman–Crippen MR) is 77.6 cm³/mol. The third-order valence-corrected chi connectivity index (χ3v) is 3.03. The van der Waals surface area contributed by atoms with E-state index < -0.39 is 6.03 Å². The number of nitrogen functional groups attached to an aromatic ring is 1. The van der Waals surface area contributed by atoms with Crippen molar-refractivity contribution in [2.75, 3.05) is 16.4 Å². The van der Waals surface area contributed by atoms with E-state index in [2.05, 4.69) is 26.6 Å². The Morgan fingerprint density at radius 3 is 2.47 bits per heavy atom. The Morgan fingerprint density at radius 2 is 1.79 bits per heavy atom. The average Bonchev–Trinajstić information content (AvgIpc) is 2.37.